The molecule has 0 spiro atoms. The predicted molar refractivity (Wildman–Crippen MR) is 61.5 cm³/mol. The fraction of sp³-hybridized carbons (Fsp3) is 0.182. The van der Waals surface area contributed by atoms with E-state index >= 15 is 0 Å². The summed E-state index contributed by atoms with van der Waals surface area (Å²) >= 11 is 3.06. The zero-order chi connectivity index (χ0) is 11.5. The zero-order valence-electron chi connectivity index (χ0n) is 8.24. The van der Waals surface area contributed by atoms with E-state index in [1.54, 1.807) is 18.2 Å². The number of alkyl halides is 1. The van der Waals surface area contributed by atoms with Crippen LogP contribution in [0.4, 0.5) is 0 Å². The Balaban J connectivity index is 2.46. The lowest BCUT2D eigenvalue weighted by Crippen LogP contribution is -1.99. The van der Waals surface area contributed by atoms with Crippen LogP contribution in [0, 0.1) is 11.3 Å². The Hall–Kier alpha value is -1.67. The van der Waals surface area contributed by atoms with Gasteiger partial charge in [-0.3, -0.25) is 4.79 Å². The standard InChI is InChI=1S/C11H7BrN2O2/c12-6-9(15)11-14-8-5-7(3-4-13)1-2-10(8)16-11/h1-2,5H,3,6H2. The van der Waals surface area contributed by atoms with Gasteiger partial charge in [0, 0.05) is 0 Å². The molecule has 0 saturated carbocycles. The number of oxazole rings is 1. The Morgan fingerprint density at radius 3 is 3.06 bits per heavy atom. The van der Waals surface area contributed by atoms with Crippen LogP contribution >= 0.6 is 15.9 Å². The van der Waals surface area contributed by atoms with Crippen molar-refractivity contribution in [3.63, 3.8) is 0 Å². The van der Waals surface area contributed by atoms with Crippen molar-refractivity contribution in [2.45, 2.75) is 6.42 Å². The average molecular weight is 279 g/mol. The number of Topliss-reactive ketones (excluding diaryl/α,β-unsaturated/α-hetero) is 1. The molecule has 0 unspecified atom stereocenters. The summed E-state index contributed by atoms with van der Waals surface area (Å²) in [4.78, 5) is 15.4. The first-order valence-electron chi connectivity index (χ1n) is 4.60. The van der Waals surface area contributed by atoms with Gasteiger partial charge in [-0.05, 0) is 17.7 Å². The molecule has 2 aromatic rings. The molecule has 1 aromatic carbocycles. The van der Waals surface area contributed by atoms with Gasteiger partial charge in [-0.15, -0.1) is 0 Å². The summed E-state index contributed by atoms with van der Waals surface area (Å²) in [6.45, 7) is 0. The molecule has 1 aromatic heterocycles. The highest BCUT2D eigenvalue weighted by Crippen LogP contribution is 2.18. The van der Waals surface area contributed by atoms with Gasteiger partial charge < -0.3 is 4.42 Å². The molecular formula is C11H7BrN2O2. The Bertz CT molecular complexity index is 583. The number of fused-ring (bicyclic) bond motifs is 1. The summed E-state index contributed by atoms with van der Waals surface area (Å²) in [7, 11) is 0. The zero-order valence-corrected chi connectivity index (χ0v) is 9.82. The lowest BCUT2D eigenvalue weighted by Gasteiger charge is -1.91. The van der Waals surface area contributed by atoms with Crippen LogP contribution in [0.5, 0.6) is 0 Å². The molecule has 1 heterocycles. The number of carbonyl (C=O) groups excluding carboxylic acids is 1. The fourth-order valence-corrected chi connectivity index (χ4v) is 1.59. The van der Waals surface area contributed by atoms with E-state index in [1.165, 1.54) is 0 Å². The minimum atomic E-state index is -0.196. The van der Waals surface area contributed by atoms with Crippen LogP contribution < -0.4 is 0 Å². The van der Waals surface area contributed by atoms with Crippen molar-refractivity contribution in [2.75, 3.05) is 5.33 Å². The van der Waals surface area contributed by atoms with Crippen molar-refractivity contribution >= 4 is 32.8 Å². The van der Waals surface area contributed by atoms with Crippen molar-refractivity contribution < 1.29 is 9.21 Å². The largest absolute Gasteiger partial charge is 0.434 e. The van der Waals surface area contributed by atoms with Crippen LogP contribution in [0.3, 0.4) is 0 Å². The molecule has 0 aliphatic heterocycles. The summed E-state index contributed by atoms with van der Waals surface area (Å²) in [5.41, 5.74) is 2.03. The smallest absolute Gasteiger partial charge is 0.265 e. The van der Waals surface area contributed by atoms with Crippen LogP contribution in [0.25, 0.3) is 11.1 Å². The van der Waals surface area contributed by atoms with E-state index in [9.17, 15) is 4.79 Å². The minimum absolute atomic E-state index is 0.0981. The van der Waals surface area contributed by atoms with Crippen LogP contribution in [-0.4, -0.2) is 16.1 Å². The first-order chi connectivity index (χ1) is 7.74. The van der Waals surface area contributed by atoms with Gasteiger partial charge in [0.2, 0.25) is 5.78 Å². The maximum absolute atomic E-state index is 11.3. The molecule has 2 rings (SSSR count). The number of ketones is 1. The monoisotopic (exact) mass is 278 g/mol. The number of benzene rings is 1. The Kier molecular flexibility index (Phi) is 3.02. The second-order valence-corrected chi connectivity index (χ2v) is 3.77. The molecule has 0 N–H and O–H groups in total. The number of nitriles is 1. The predicted octanol–water partition coefficient (Wildman–Crippen LogP) is 2.47. The lowest BCUT2D eigenvalue weighted by atomic mass is 10.1. The van der Waals surface area contributed by atoms with Gasteiger partial charge in [-0.2, -0.15) is 5.26 Å². The van der Waals surface area contributed by atoms with Crippen molar-refractivity contribution in [2.24, 2.45) is 0 Å². The second-order valence-electron chi connectivity index (χ2n) is 3.21. The van der Waals surface area contributed by atoms with Crippen LogP contribution in [0.1, 0.15) is 16.2 Å². The Morgan fingerprint density at radius 1 is 1.56 bits per heavy atom. The number of rotatable bonds is 3. The van der Waals surface area contributed by atoms with Gasteiger partial charge in [-0.25, -0.2) is 4.98 Å². The van der Waals surface area contributed by atoms with E-state index in [0.717, 1.165) is 5.56 Å². The molecule has 0 aliphatic rings. The van der Waals surface area contributed by atoms with Crippen molar-refractivity contribution in [3.8, 4) is 6.07 Å². The molecule has 0 fully saturated rings. The normalized spacial score (nSPS) is 10.2. The molecule has 4 nitrogen and oxygen atoms in total. The third-order valence-corrected chi connectivity index (χ3v) is 2.60. The van der Waals surface area contributed by atoms with Gasteiger partial charge in [0.05, 0.1) is 17.8 Å². The number of nitrogens with zero attached hydrogens (tertiary/aromatic N) is 2. The third-order valence-electron chi connectivity index (χ3n) is 2.10. The van der Waals surface area contributed by atoms with Crippen molar-refractivity contribution in [1.29, 1.82) is 5.26 Å². The van der Waals surface area contributed by atoms with Gasteiger partial charge in [0.25, 0.3) is 5.89 Å². The topological polar surface area (TPSA) is 66.9 Å². The molecule has 0 radical (unpaired) electrons. The highest BCUT2D eigenvalue weighted by Gasteiger charge is 2.12. The summed E-state index contributed by atoms with van der Waals surface area (Å²) in [6, 6.07) is 7.33. The highest BCUT2D eigenvalue weighted by atomic mass is 79.9. The molecule has 0 bridgehead atoms. The minimum Gasteiger partial charge on any atom is -0.434 e. The fourth-order valence-electron chi connectivity index (χ4n) is 1.35. The van der Waals surface area contributed by atoms with E-state index in [2.05, 4.69) is 27.0 Å². The molecule has 5 heteroatoms. The molecule has 0 amide bonds. The van der Waals surface area contributed by atoms with Gasteiger partial charge in [0.1, 0.15) is 5.52 Å². The number of carbonyl (C=O) groups is 1. The summed E-state index contributed by atoms with van der Waals surface area (Å²) < 4.78 is 5.28. The number of aromatic nitrogens is 1. The number of hydrogen-bond acceptors (Lipinski definition) is 4. The molecule has 0 aliphatic carbocycles. The third kappa shape index (κ3) is 1.97. The molecule has 0 saturated heterocycles. The van der Waals surface area contributed by atoms with E-state index in [1.807, 2.05) is 0 Å². The maximum Gasteiger partial charge on any atom is 0.265 e. The summed E-state index contributed by atoms with van der Waals surface area (Å²) in [5, 5.41) is 8.75. The van der Waals surface area contributed by atoms with Crippen molar-refractivity contribution in [1.82, 2.24) is 4.98 Å². The first kappa shape index (κ1) is 10.8. The molecule has 16 heavy (non-hydrogen) atoms. The number of halogens is 1. The van der Waals surface area contributed by atoms with Gasteiger partial charge in [-0.1, -0.05) is 22.0 Å². The average Bonchev–Trinajstić information content (AvgIpc) is 2.71. The summed E-state index contributed by atoms with van der Waals surface area (Å²) in [5.74, 6) is -0.0981. The Labute approximate surface area is 100 Å². The van der Waals surface area contributed by atoms with Gasteiger partial charge >= 0.3 is 0 Å². The first-order valence-corrected chi connectivity index (χ1v) is 5.72. The van der Waals surface area contributed by atoms with Crippen LogP contribution in [0.15, 0.2) is 22.6 Å². The highest BCUT2D eigenvalue weighted by molar-refractivity contribution is 9.09. The summed E-state index contributed by atoms with van der Waals surface area (Å²) in [6.07, 6.45) is 0.324. The molecule has 80 valence electrons. The maximum atomic E-state index is 11.3. The van der Waals surface area contributed by atoms with E-state index < -0.39 is 0 Å². The van der Waals surface area contributed by atoms with E-state index in [0.29, 0.717) is 17.5 Å². The number of hydrogen-bond donors (Lipinski definition) is 0. The van der Waals surface area contributed by atoms with Gasteiger partial charge in [0.15, 0.2) is 5.58 Å². The molecular weight excluding hydrogens is 272 g/mol. The van der Waals surface area contributed by atoms with E-state index in [-0.39, 0.29) is 17.0 Å². The van der Waals surface area contributed by atoms with E-state index in [4.69, 9.17) is 9.68 Å². The van der Waals surface area contributed by atoms with Crippen LogP contribution in [0.2, 0.25) is 0 Å². The lowest BCUT2D eigenvalue weighted by molar-refractivity contribution is 0.0989. The Morgan fingerprint density at radius 2 is 2.38 bits per heavy atom. The van der Waals surface area contributed by atoms with Crippen LogP contribution in [-0.2, 0) is 6.42 Å². The molecule has 0 atom stereocenters. The SMILES string of the molecule is N#CCc1ccc2oc(C(=O)CBr)nc2c1. The second kappa shape index (κ2) is 4.45. The quantitative estimate of drug-likeness (QED) is 0.639. The van der Waals surface area contributed by atoms with Crippen molar-refractivity contribution in [3.05, 3.63) is 29.7 Å².